The second kappa shape index (κ2) is 11.2. The molecule has 0 aliphatic rings. The highest BCUT2D eigenvalue weighted by Gasteiger charge is 2.19. The van der Waals surface area contributed by atoms with E-state index in [0.29, 0.717) is 23.1 Å². The molecule has 3 rings (SSSR count). The topological polar surface area (TPSA) is 76.0 Å². The lowest BCUT2D eigenvalue weighted by atomic mass is 9.94. The molecular weight excluding hydrogens is 404 g/mol. The first-order valence-electron chi connectivity index (χ1n) is 10.2. The Morgan fingerprint density at radius 2 is 1.56 bits per heavy atom. The van der Waals surface area contributed by atoms with Crippen molar-refractivity contribution in [3.8, 4) is 0 Å². The Hall–Kier alpha value is -3.51. The van der Waals surface area contributed by atoms with Gasteiger partial charge >= 0.3 is 5.97 Å². The quantitative estimate of drug-likeness (QED) is 0.254. The molecule has 3 aromatic carbocycles. The summed E-state index contributed by atoms with van der Waals surface area (Å²) in [6.45, 7) is 7.41. The molecule has 2 N–H and O–H groups in total. The molecule has 0 heterocycles. The average molecular weight is 431 g/mol. The predicted molar refractivity (Wildman–Crippen MR) is 125 cm³/mol. The molecule has 0 amide bonds. The van der Waals surface area contributed by atoms with Gasteiger partial charge in [0.1, 0.15) is 6.10 Å². The van der Waals surface area contributed by atoms with E-state index in [4.69, 9.17) is 9.62 Å². The monoisotopic (exact) mass is 430 g/mol. The minimum absolute atomic E-state index is 0.204. The standard InChI is InChI=1S/C27H26O5/c1-3-19-5-10-22(11-6-19)26(32-30)25-14-9-21(17-24(25)18-28)15-16-31-27(29)23-12-7-20(4-2)8-13-23/h3-14,17,26,28,30H,1-2,15-16,18H2. The Balaban J connectivity index is 1.67. The highest BCUT2D eigenvalue weighted by molar-refractivity contribution is 5.89. The number of aliphatic hydroxyl groups excluding tert-OH is 1. The maximum atomic E-state index is 12.2. The number of carbonyl (C=O) groups excluding carboxylic acids is 1. The van der Waals surface area contributed by atoms with Crippen molar-refractivity contribution < 1.29 is 24.8 Å². The molecule has 0 saturated heterocycles. The van der Waals surface area contributed by atoms with Crippen LogP contribution in [-0.4, -0.2) is 22.9 Å². The third-order valence-corrected chi connectivity index (χ3v) is 5.25. The molecule has 5 heteroatoms. The van der Waals surface area contributed by atoms with Gasteiger partial charge in [-0.05, 0) is 45.5 Å². The number of benzene rings is 3. The summed E-state index contributed by atoms with van der Waals surface area (Å²) in [5, 5.41) is 19.4. The van der Waals surface area contributed by atoms with Gasteiger partial charge in [0.15, 0.2) is 0 Å². The zero-order chi connectivity index (χ0) is 22.9. The van der Waals surface area contributed by atoms with Crippen molar-refractivity contribution in [2.45, 2.75) is 19.1 Å². The summed E-state index contributed by atoms with van der Waals surface area (Å²) in [6.07, 6.45) is 3.19. The number of hydrogen-bond donors (Lipinski definition) is 2. The largest absolute Gasteiger partial charge is 0.462 e. The second-order valence-electron chi connectivity index (χ2n) is 7.26. The van der Waals surface area contributed by atoms with E-state index in [-0.39, 0.29) is 13.2 Å². The van der Waals surface area contributed by atoms with E-state index in [0.717, 1.165) is 22.3 Å². The molecule has 0 fully saturated rings. The number of rotatable bonds is 10. The van der Waals surface area contributed by atoms with Crippen LogP contribution in [0.2, 0.25) is 0 Å². The number of ether oxygens (including phenoxy) is 1. The Morgan fingerprint density at radius 1 is 0.938 bits per heavy atom. The van der Waals surface area contributed by atoms with E-state index in [2.05, 4.69) is 13.2 Å². The molecule has 1 unspecified atom stereocenters. The molecule has 5 nitrogen and oxygen atoms in total. The van der Waals surface area contributed by atoms with Crippen molar-refractivity contribution in [2.24, 2.45) is 0 Å². The molecular formula is C27H26O5. The smallest absolute Gasteiger partial charge is 0.338 e. The zero-order valence-corrected chi connectivity index (χ0v) is 17.7. The summed E-state index contributed by atoms with van der Waals surface area (Å²) in [5.41, 5.74) is 5.29. The van der Waals surface area contributed by atoms with Crippen LogP contribution in [0.4, 0.5) is 0 Å². The van der Waals surface area contributed by atoms with Gasteiger partial charge in [0, 0.05) is 6.42 Å². The molecule has 164 valence electrons. The van der Waals surface area contributed by atoms with Gasteiger partial charge in [0.25, 0.3) is 0 Å². The van der Waals surface area contributed by atoms with Gasteiger partial charge in [-0.1, -0.05) is 79.9 Å². The first-order chi connectivity index (χ1) is 15.6. The van der Waals surface area contributed by atoms with Crippen LogP contribution in [0.5, 0.6) is 0 Å². The Kier molecular flexibility index (Phi) is 8.11. The highest BCUT2D eigenvalue weighted by atomic mass is 17.1. The van der Waals surface area contributed by atoms with Crippen molar-refractivity contribution in [3.05, 3.63) is 119 Å². The van der Waals surface area contributed by atoms with E-state index in [1.165, 1.54) is 0 Å². The summed E-state index contributed by atoms with van der Waals surface area (Å²) in [6, 6.07) is 19.9. The molecule has 0 radical (unpaired) electrons. The first kappa shape index (κ1) is 23.2. The van der Waals surface area contributed by atoms with Crippen LogP contribution < -0.4 is 0 Å². The fourth-order valence-corrected chi connectivity index (χ4v) is 3.41. The molecule has 0 aliphatic heterocycles. The fourth-order valence-electron chi connectivity index (χ4n) is 3.41. The molecule has 0 bridgehead atoms. The van der Waals surface area contributed by atoms with Crippen LogP contribution in [0, 0.1) is 0 Å². The van der Waals surface area contributed by atoms with Gasteiger partial charge < -0.3 is 9.84 Å². The van der Waals surface area contributed by atoms with E-state index in [9.17, 15) is 15.2 Å². The fraction of sp³-hybridized carbons (Fsp3) is 0.148. The van der Waals surface area contributed by atoms with Gasteiger partial charge in [-0.3, -0.25) is 5.26 Å². The minimum atomic E-state index is -0.735. The minimum Gasteiger partial charge on any atom is -0.462 e. The van der Waals surface area contributed by atoms with Crippen molar-refractivity contribution in [3.63, 3.8) is 0 Å². The summed E-state index contributed by atoms with van der Waals surface area (Å²) >= 11 is 0. The number of hydrogen-bond acceptors (Lipinski definition) is 5. The summed E-state index contributed by atoms with van der Waals surface area (Å²) in [4.78, 5) is 16.9. The van der Waals surface area contributed by atoms with Crippen LogP contribution in [0.1, 0.15) is 49.8 Å². The molecule has 0 aromatic heterocycles. The normalized spacial score (nSPS) is 11.6. The molecule has 0 spiro atoms. The molecule has 0 aliphatic carbocycles. The summed E-state index contributed by atoms with van der Waals surface area (Å²) < 4.78 is 5.37. The van der Waals surface area contributed by atoms with Crippen molar-refractivity contribution in [2.75, 3.05) is 6.61 Å². The van der Waals surface area contributed by atoms with Gasteiger partial charge in [-0.2, -0.15) is 0 Å². The van der Waals surface area contributed by atoms with Crippen molar-refractivity contribution in [1.29, 1.82) is 0 Å². The van der Waals surface area contributed by atoms with Crippen LogP contribution in [0.15, 0.2) is 79.9 Å². The maximum absolute atomic E-state index is 12.2. The van der Waals surface area contributed by atoms with Gasteiger partial charge in [-0.15, -0.1) is 0 Å². The third kappa shape index (κ3) is 5.59. The molecule has 0 saturated carbocycles. The third-order valence-electron chi connectivity index (χ3n) is 5.25. The van der Waals surface area contributed by atoms with Crippen molar-refractivity contribution >= 4 is 18.1 Å². The summed E-state index contributed by atoms with van der Waals surface area (Å²) in [5.74, 6) is -0.392. The zero-order valence-electron chi connectivity index (χ0n) is 17.7. The summed E-state index contributed by atoms with van der Waals surface area (Å²) in [7, 11) is 0. The Labute approximate surface area is 187 Å². The van der Waals surface area contributed by atoms with Crippen LogP contribution in [-0.2, 0) is 22.7 Å². The SMILES string of the molecule is C=Cc1ccc(C(=O)OCCc2ccc(C(OO)c3ccc(C=C)cc3)c(CO)c2)cc1. The lowest BCUT2D eigenvalue weighted by Gasteiger charge is -2.18. The van der Waals surface area contributed by atoms with E-state index >= 15 is 0 Å². The van der Waals surface area contributed by atoms with E-state index in [1.54, 1.807) is 42.5 Å². The van der Waals surface area contributed by atoms with Crippen molar-refractivity contribution in [1.82, 2.24) is 0 Å². The Morgan fingerprint density at radius 3 is 2.12 bits per heavy atom. The van der Waals surface area contributed by atoms with Gasteiger partial charge in [0.05, 0.1) is 18.8 Å². The first-order valence-corrected chi connectivity index (χ1v) is 10.2. The maximum Gasteiger partial charge on any atom is 0.338 e. The molecule has 32 heavy (non-hydrogen) atoms. The van der Waals surface area contributed by atoms with E-state index < -0.39 is 12.1 Å². The average Bonchev–Trinajstić information content (AvgIpc) is 2.85. The lowest BCUT2D eigenvalue weighted by Crippen LogP contribution is -2.10. The molecule has 1 atom stereocenters. The van der Waals surface area contributed by atoms with Crippen LogP contribution >= 0.6 is 0 Å². The number of esters is 1. The van der Waals surface area contributed by atoms with Gasteiger partial charge in [-0.25, -0.2) is 9.68 Å². The number of carbonyl (C=O) groups is 1. The van der Waals surface area contributed by atoms with Crippen LogP contribution in [0.25, 0.3) is 12.2 Å². The Bertz CT molecular complexity index is 1070. The molecule has 3 aromatic rings. The number of aliphatic hydroxyl groups is 1. The van der Waals surface area contributed by atoms with E-state index in [1.807, 2.05) is 36.4 Å². The van der Waals surface area contributed by atoms with Crippen LogP contribution in [0.3, 0.4) is 0 Å². The lowest BCUT2D eigenvalue weighted by molar-refractivity contribution is -0.270. The van der Waals surface area contributed by atoms with Gasteiger partial charge in [0.2, 0.25) is 0 Å². The highest BCUT2D eigenvalue weighted by Crippen LogP contribution is 2.29. The predicted octanol–water partition coefficient (Wildman–Crippen LogP) is 5.44. The second-order valence-corrected chi connectivity index (χ2v) is 7.26.